The van der Waals surface area contributed by atoms with Crippen LogP contribution in [-0.2, 0) is 6.54 Å². The van der Waals surface area contributed by atoms with Crippen LogP contribution in [0.25, 0.3) is 11.0 Å². The van der Waals surface area contributed by atoms with Crippen LogP contribution in [-0.4, -0.2) is 9.55 Å². The van der Waals surface area contributed by atoms with E-state index in [9.17, 15) is 4.39 Å². The molecule has 0 atom stereocenters. The van der Waals surface area contributed by atoms with Gasteiger partial charge in [-0.15, -0.1) is 0 Å². The van der Waals surface area contributed by atoms with Crippen LogP contribution in [0.3, 0.4) is 0 Å². The van der Waals surface area contributed by atoms with Crippen molar-refractivity contribution in [3.05, 3.63) is 29.3 Å². The van der Waals surface area contributed by atoms with E-state index in [2.05, 4.69) is 4.98 Å². The minimum absolute atomic E-state index is 0.160. The Balaban J connectivity index is 0.000000606. The first kappa shape index (κ1) is 12.7. The largest absolute Gasteiger partial charge is 0.328 e. The molecule has 0 spiro atoms. The molecule has 16 heavy (non-hydrogen) atoms. The molecule has 1 aromatic heterocycles. The highest BCUT2D eigenvalue weighted by molar-refractivity contribution is 5.77. The minimum Gasteiger partial charge on any atom is -0.328 e. The summed E-state index contributed by atoms with van der Waals surface area (Å²) in [5.74, 6) is 0.777. The van der Waals surface area contributed by atoms with E-state index >= 15 is 0 Å². The molecule has 88 valence electrons. The van der Waals surface area contributed by atoms with Crippen molar-refractivity contribution in [3.8, 4) is 0 Å². The Bertz CT molecular complexity index is 486. The molecule has 0 saturated carbocycles. The molecular formula is C13H19FN2. The number of benzene rings is 1. The fraction of sp³-hybridized carbons (Fsp3) is 0.462. The molecule has 0 N–H and O–H groups in total. The van der Waals surface area contributed by atoms with Crippen molar-refractivity contribution in [2.24, 2.45) is 0 Å². The van der Waals surface area contributed by atoms with E-state index in [0.717, 1.165) is 23.4 Å². The smallest absolute Gasteiger partial charge is 0.128 e. The van der Waals surface area contributed by atoms with E-state index in [0.29, 0.717) is 5.56 Å². The maximum atomic E-state index is 13.3. The van der Waals surface area contributed by atoms with Crippen molar-refractivity contribution in [2.75, 3.05) is 0 Å². The fourth-order valence-electron chi connectivity index (χ4n) is 1.77. The number of halogens is 1. The lowest BCUT2D eigenvalue weighted by Crippen LogP contribution is -1.96. The van der Waals surface area contributed by atoms with Gasteiger partial charge in [0.15, 0.2) is 0 Å². The summed E-state index contributed by atoms with van der Waals surface area (Å²) >= 11 is 0. The summed E-state index contributed by atoms with van der Waals surface area (Å²) < 4.78 is 15.3. The van der Waals surface area contributed by atoms with Crippen LogP contribution < -0.4 is 0 Å². The van der Waals surface area contributed by atoms with E-state index in [4.69, 9.17) is 0 Å². The van der Waals surface area contributed by atoms with E-state index in [1.807, 2.05) is 32.3 Å². The summed E-state index contributed by atoms with van der Waals surface area (Å²) in [5, 5.41) is 0. The third-order valence-corrected chi connectivity index (χ3v) is 2.54. The summed E-state index contributed by atoms with van der Waals surface area (Å²) in [6.07, 6.45) is 0. The molecule has 0 aliphatic rings. The maximum absolute atomic E-state index is 13.3. The van der Waals surface area contributed by atoms with E-state index in [1.54, 1.807) is 19.1 Å². The standard InChI is InChI=1S/C11H13FN2.C2H6/c1-4-14-8(3)13-10-5-7(2)9(12)6-11(10)14;1-2/h5-6H,4H2,1-3H3;1-2H3. The van der Waals surface area contributed by atoms with E-state index < -0.39 is 0 Å². The number of hydrogen-bond acceptors (Lipinski definition) is 1. The Morgan fingerprint density at radius 2 is 1.88 bits per heavy atom. The van der Waals surface area contributed by atoms with Crippen molar-refractivity contribution in [2.45, 2.75) is 41.2 Å². The van der Waals surface area contributed by atoms with E-state index in [1.165, 1.54) is 0 Å². The van der Waals surface area contributed by atoms with Gasteiger partial charge in [0.1, 0.15) is 11.6 Å². The summed E-state index contributed by atoms with van der Waals surface area (Å²) in [6.45, 7) is 10.6. The molecule has 2 nitrogen and oxygen atoms in total. The Morgan fingerprint density at radius 3 is 2.44 bits per heavy atom. The molecule has 2 rings (SSSR count). The maximum Gasteiger partial charge on any atom is 0.128 e. The van der Waals surface area contributed by atoms with Crippen LogP contribution in [0.15, 0.2) is 12.1 Å². The highest BCUT2D eigenvalue weighted by Gasteiger charge is 2.08. The topological polar surface area (TPSA) is 17.8 Å². The number of fused-ring (bicyclic) bond motifs is 1. The van der Waals surface area contributed by atoms with Gasteiger partial charge in [0.25, 0.3) is 0 Å². The average Bonchev–Trinajstić information content (AvgIpc) is 2.57. The third-order valence-electron chi connectivity index (χ3n) is 2.54. The third kappa shape index (κ3) is 2.08. The number of nitrogens with zero attached hydrogens (tertiary/aromatic N) is 2. The van der Waals surface area contributed by atoms with Crippen LogP contribution >= 0.6 is 0 Å². The molecule has 1 aromatic carbocycles. The van der Waals surface area contributed by atoms with Gasteiger partial charge >= 0.3 is 0 Å². The summed E-state index contributed by atoms with van der Waals surface area (Å²) in [7, 11) is 0. The Labute approximate surface area is 96.1 Å². The zero-order valence-corrected chi connectivity index (χ0v) is 10.6. The molecule has 0 radical (unpaired) electrons. The van der Waals surface area contributed by atoms with Crippen LogP contribution in [0.4, 0.5) is 4.39 Å². The number of imidazole rings is 1. The second kappa shape index (κ2) is 5.10. The molecule has 0 fully saturated rings. The zero-order valence-electron chi connectivity index (χ0n) is 10.6. The van der Waals surface area contributed by atoms with Gasteiger partial charge in [-0.3, -0.25) is 0 Å². The van der Waals surface area contributed by atoms with Gasteiger partial charge in [-0.05, 0) is 32.4 Å². The highest BCUT2D eigenvalue weighted by atomic mass is 19.1. The lowest BCUT2D eigenvalue weighted by molar-refractivity contribution is 0.619. The van der Waals surface area contributed by atoms with Gasteiger partial charge in [-0.2, -0.15) is 0 Å². The minimum atomic E-state index is -0.160. The first-order chi connectivity index (χ1) is 7.63. The molecule has 1 heterocycles. The highest BCUT2D eigenvalue weighted by Crippen LogP contribution is 2.19. The first-order valence-corrected chi connectivity index (χ1v) is 5.76. The normalized spacial score (nSPS) is 10.1. The zero-order chi connectivity index (χ0) is 12.3. The lowest BCUT2D eigenvalue weighted by atomic mass is 10.2. The SMILES string of the molecule is CC.CCn1c(C)nc2cc(C)c(F)cc21. The molecule has 2 aromatic rings. The molecule has 0 bridgehead atoms. The van der Waals surface area contributed by atoms with Crippen molar-refractivity contribution in [3.63, 3.8) is 0 Å². The molecule has 0 aliphatic heterocycles. The molecule has 3 heteroatoms. The Kier molecular flexibility index (Phi) is 4.05. The van der Waals surface area contributed by atoms with Crippen molar-refractivity contribution in [1.29, 1.82) is 0 Å². The summed E-state index contributed by atoms with van der Waals surface area (Å²) in [5.41, 5.74) is 2.41. The molecular weight excluding hydrogens is 203 g/mol. The predicted octanol–water partition coefficient (Wildman–Crippen LogP) is 3.84. The van der Waals surface area contributed by atoms with Crippen molar-refractivity contribution in [1.82, 2.24) is 9.55 Å². The van der Waals surface area contributed by atoms with Gasteiger partial charge in [-0.1, -0.05) is 13.8 Å². The van der Waals surface area contributed by atoms with Crippen LogP contribution in [0, 0.1) is 19.7 Å². The molecule has 0 saturated heterocycles. The number of aromatic nitrogens is 2. The van der Waals surface area contributed by atoms with Crippen molar-refractivity contribution >= 4 is 11.0 Å². The van der Waals surface area contributed by atoms with E-state index in [-0.39, 0.29) is 5.82 Å². The van der Waals surface area contributed by atoms with Gasteiger partial charge < -0.3 is 4.57 Å². The van der Waals surface area contributed by atoms with Gasteiger partial charge in [0.05, 0.1) is 11.0 Å². The summed E-state index contributed by atoms with van der Waals surface area (Å²) in [6, 6.07) is 3.36. The van der Waals surface area contributed by atoms with Crippen molar-refractivity contribution < 1.29 is 4.39 Å². The number of rotatable bonds is 1. The number of hydrogen-bond donors (Lipinski definition) is 0. The molecule has 0 unspecified atom stereocenters. The summed E-state index contributed by atoms with van der Waals surface area (Å²) in [4.78, 5) is 4.38. The fourth-order valence-corrected chi connectivity index (χ4v) is 1.77. The molecule has 0 aliphatic carbocycles. The van der Waals surface area contributed by atoms with Crippen LogP contribution in [0.2, 0.25) is 0 Å². The van der Waals surface area contributed by atoms with Gasteiger partial charge in [0.2, 0.25) is 0 Å². The Hall–Kier alpha value is -1.38. The predicted molar refractivity (Wildman–Crippen MR) is 66.2 cm³/mol. The monoisotopic (exact) mass is 222 g/mol. The average molecular weight is 222 g/mol. The quantitative estimate of drug-likeness (QED) is 0.716. The first-order valence-electron chi connectivity index (χ1n) is 5.76. The number of aryl methyl sites for hydroxylation is 3. The Morgan fingerprint density at radius 1 is 1.25 bits per heavy atom. The van der Waals surface area contributed by atoms with Gasteiger partial charge in [-0.25, -0.2) is 9.37 Å². The van der Waals surface area contributed by atoms with Crippen LogP contribution in [0.1, 0.15) is 32.2 Å². The van der Waals surface area contributed by atoms with Gasteiger partial charge in [0, 0.05) is 12.6 Å². The molecule has 0 amide bonds. The second-order valence-corrected chi connectivity index (χ2v) is 3.49. The second-order valence-electron chi connectivity index (χ2n) is 3.49. The lowest BCUT2D eigenvalue weighted by Gasteiger charge is -2.02. The van der Waals surface area contributed by atoms with Crippen LogP contribution in [0.5, 0.6) is 0 Å².